The highest BCUT2D eigenvalue weighted by atomic mass is 79.9. The monoisotopic (exact) mass is 337 g/mol. The van der Waals surface area contributed by atoms with Gasteiger partial charge in [0, 0.05) is 16.1 Å². The lowest BCUT2D eigenvalue weighted by Crippen LogP contribution is -2.18. The first-order valence-electron chi connectivity index (χ1n) is 5.33. The first-order valence-corrected chi connectivity index (χ1v) is 6.12. The molecular weight excluding hydrogens is 321 g/mol. The summed E-state index contributed by atoms with van der Waals surface area (Å²) in [6.07, 6.45) is 0.140. The van der Waals surface area contributed by atoms with E-state index in [0.29, 0.717) is 12.4 Å². The minimum absolute atomic E-state index is 0. The summed E-state index contributed by atoms with van der Waals surface area (Å²) in [7, 11) is 1.57. The highest BCUT2D eigenvalue weighted by Crippen LogP contribution is 2.29. The molecule has 102 valence electrons. The summed E-state index contributed by atoms with van der Waals surface area (Å²) in [4.78, 5) is 11.4. The molecule has 1 rings (SSSR count). The Hall–Kier alpha value is -0.780. The number of hydrogen-bond donors (Lipinski definition) is 1. The maximum atomic E-state index is 11.4. The van der Waals surface area contributed by atoms with E-state index in [1.54, 1.807) is 14.0 Å². The van der Waals surface area contributed by atoms with Crippen LogP contribution in [0.2, 0.25) is 0 Å². The van der Waals surface area contributed by atoms with Crippen molar-refractivity contribution in [2.75, 3.05) is 13.7 Å². The predicted molar refractivity (Wildman–Crippen MR) is 76.1 cm³/mol. The van der Waals surface area contributed by atoms with Crippen LogP contribution >= 0.6 is 28.3 Å². The van der Waals surface area contributed by atoms with E-state index in [0.717, 1.165) is 10.0 Å². The van der Waals surface area contributed by atoms with Crippen molar-refractivity contribution in [2.45, 2.75) is 19.4 Å². The summed E-state index contributed by atoms with van der Waals surface area (Å²) in [5.74, 6) is 0.368. The van der Waals surface area contributed by atoms with Crippen molar-refractivity contribution >= 4 is 34.3 Å². The number of ether oxygens (including phenoxy) is 2. The summed E-state index contributed by atoms with van der Waals surface area (Å²) in [6.45, 7) is 2.13. The summed E-state index contributed by atoms with van der Waals surface area (Å²) in [5, 5.41) is 0. The van der Waals surface area contributed by atoms with Crippen LogP contribution in [0.15, 0.2) is 22.7 Å². The van der Waals surface area contributed by atoms with E-state index < -0.39 is 6.04 Å². The van der Waals surface area contributed by atoms with Crippen molar-refractivity contribution in [3.63, 3.8) is 0 Å². The summed E-state index contributed by atoms with van der Waals surface area (Å²) >= 11 is 3.36. The van der Waals surface area contributed by atoms with E-state index >= 15 is 0 Å². The molecule has 0 saturated heterocycles. The number of rotatable bonds is 5. The van der Waals surface area contributed by atoms with E-state index in [4.69, 9.17) is 15.2 Å². The minimum Gasteiger partial charge on any atom is -0.496 e. The average Bonchev–Trinajstić information content (AvgIpc) is 2.29. The zero-order valence-corrected chi connectivity index (χ0v) is 12.7. The lowest BCUT2D eigenvalue weighted by molar-refractivity contribution is -0.143. The van der Waals surface area contributed by atoms with Crippen LogP contribution in [0.1, 0.15) is 24.9 Å². The number of nitrogens with two attached hydrogens (primary N) is 1. The second-order valence-corrected chi connectivity index (χ2v) is 4.42. The van der Waals surface area contributed by atoms with Crippen molar-refractivity contribution in [3.05, 3.63) is 28.2 Å². The van der Waals surface area contributed by atoms with Crippen LogP contribution < -0.4 is 10.5 Å². The van der Waals surface area contributed by atoms with Gasteiger partial charge in [-0.05, 0) is 25.1 Å². The quantitative estimate of drug-likeness (QED) is 0.839. The second-order valence-electron chi connectivity index (χ2n) is 3.50. The fraction of sp³-hybridized carbons (Fsp3) is 0.417. The highest BCUT2D eigenvalue weighted by molar-refractivity contribution is 9.10. The Morgan fingerprint density at radius 1 is 1.50 bits per heavy atom. The topological polar surface area (TPSA) is 61.5 Å². The van der Waals surface area contributed by atoms with Crippen molar-refractivity contribution in [2.24, 2.45) is 5.73 Å². The van der Waals surface area contributed by atoms with Crippen molar-refractivity contribution in [3.8, 4) is 5.75 Å². The van der Waals surface area contributed by atoms with Crippen molar-refractivity contribution in [1.82, 2.24) is 0 Å². The molecule has 4 nitrogen and oxygen atoms in total. The van der Waals surface area contributed by atoms with Crippen LogP contribution in [0.25, 0.3) is 0 Å². The Bertz CT molecular complexity index is 401. The molecular formula is C12H17BrClNO3. The van der Waals surface area contributed by atoms with E-state index in [1.165, 1.54) is 0 Å². The molecule has 0 aliphatic heterocycles. The number of methoxy groups -OCH3 is 1. The molecule has 0 unspecified atom stereocenters. The first kappa shape index (κ1) is 17.2. The van der Waals surface area contributed by atoms with Crippen LogP contribution in [0.3, 0.4) is 0 Å². The number of halogens is 2. The fourth-order valence-electron chi connectivity index (χ4n) is 1.50. The number of carbonyl (C=O) groups excluding carboxylic acids is 1. The smallest absolute Gasteiger partial charge is 0.307 e. The van der Waals surface area contributed by atoms with Gasteiger partial charge in [-0.15, -0.1) is 12.4 Å². The number of carbonyl (C=O) groups is 1. The van der Waals surface area contributed by atoms with Gasteiger partial charge in [-0.25, -0.2) is 0 Å². The van der Waals surface area contributed by atoms with Crippen LogP contribution in [0.4, 0.5) is 0 Å². The molecule has 0 heterocycles. The molecule has 1 aromatic rings. The number of hydrogen-bond acceptors (Lipinski definition) is 4. The number of esters is 1. The van der Waals surface area contributed by atoms with Gasteiger partial charge in [-0.3, -0.25) is 4.79 Å². The molecule has 0 aliphatic rings. The molecule has 0 amide bonds. The molecule has 2 N–H and O–H groups in total. The maximum absolute atomic E-state index is 11.4. The van der Waals surface area contributed by atoms with Gasteiger partial charge >= 0.3 is 5.97 Å². The Labute approximate surface area is 121 Å². The van der Waals surface area contributed by atoms with Crippen LogP contribution in [-0.2, 0) is 9.53 Å². The van der Waals surface area contributed by atoms with Crippen LogP contribution in [0, 0.1) is 0 Å². The average molecular weight is 339 g/mol. The molecule has 6 heteroatoms. The zero-order valence-electron chi connectivity index (χ0n) is 10.3. The van der Waals surface area contributed by atoms with Crippen molar-refractivity contribution < 1.29 is 14.3 Å². The van der Waals surface area contributed by atoms with Crippen molar-refractivity contribution in [1.29, 1.82) is 0 Å². The molecule has 0 bridgehead atoms. The third kappa shape index (κ3) is 4.84. The zero-order chi connectivity index (χ0) is 12.8. The van der Waals surface area contributed by atoms with Crippen LogP contribution in [-0.4, -0.2) is 19.7 Å². The highest BCUT2D eigenvalue weighted by Gasteiger charge is 2.16. The van der Waals surface area contributed by atoms with Gasteiger partial charge in [0.25, 0.3) is 0 Å². The molecule has 0 radical (unpaired) electrons. The molecule has 1 atom stereocenters. The van der Waals surface area contributed by atoms with E-state index in [-0.39, 0.29) is 24.8 Å². The van der Waals surface area contributed by atoms with Gasteiger partial charge < -0.3 is 15.2 Å². The molecule has 0 spiro atoms. The van der Waals surface area contributed by atoms with E-state index in [9.17, 15) is 4.79 Å². The minimum atomic E-state index is -0.429. The predicted octanol–water partition coefficient (Wildman–Crippen LogP) is 2.83. The molecule has 1 aromatic carbocycles. The molecule has 0 aliphatic carbocycles. The third-order valence-corrected chi connectivity index (χ3v) is 2.78. The van der Waals surface area contributed by atoms with Gasteiger partial charge in [-0.1, -0.05) is 15.9 Å². The largest absolute Gasteiger partial charge is 0.496 e. The SMILES string of the molecule is CCOC(=O)C[C@@H](N)c1cc(Br)ccc1OC.Cl. The fourth-order valence-corrected chi connectivity index (χ4v) is 1.88. The van der Waals surface area contributed by atoms with Crippen LogP contribution in [0.5, 0.6) is 5.75 Å². The van der Waals surface area contributed by atoms with Gasteiger partial charge in [0.15, 0.2) is 0 Å². The first-order chi connectivity index (χ1) is 8.08. The Kier molecular flexibility index (Phi) is 7.98. The van der Waals surface area contributed by atoms with Gasteiger partial charge in [0.1, 0.15) is 5.75 Å². The normalized spacial score (nSPS) is 11.3. The summed E-state index contributed by atoms with van der Waals surface area (Å²) < 4.78 is 11.0. The lowest BCUT2D eigenvalue weighted by Gasteiger charge is -2.15. The second kappa shape index (κ2) is 8.34. The lowest BCUT2D eigenvalue weighted by atomic mass is 10.0. The van der Waals surface area contributed by atoms with Gasteiger partial charge in [0.2, 0.25) is 0 Å². The molecule has 0 fully saturated rings. The molecule has 0 saturated carbocycles. The maximum Gasteiger partial charge on any atom is 0.307 e. The number of benzene rings is 1. The molecule has 0 aromatic heterocycles. The van der Waals surface area contributed by atoms with Gasteiger partial charge in [-0.2, -0.15) is 0 Å². The summed E-state index contributed by atoms with van der Waals surface area (Å²) in [5.41, 5.74) is 6.76. The Morgan fingerprint density at radius 3 is 2.72 bits per heavy atom. The van der Waals surface area contributed by atoms with E-state index in [1.807, 2.05) is 18.2 Å². The summed E-state index contributed by atoms with van der Waals surface area (Å²) in [6, 6.07) is 5.09. The molecule has 18 heavy (non-hydrogen) atoms. The van der Waals surface area contributed by atoms with Gasteiger partial charge in [0.05, 0.1) is 20.1 Å². The van der Waals surface area contributed by atoms with E-state index in [2.05, 4.69) is 15.9 Å². The standard InChI is InChI=1S/C12H16BrNO3.ClH/c1-3-17-12(15)7-10(14)9-6-8(13)4-5-11(9)16-2;/h4-6,10H,3,7,14H2,1-2H3;1H/t10-;/m1./s1. The third-order valence-electron chi connectivity index (χ3n) is 2.28. The Balaban J connectivity index is 0.00000289. The Morgan fingerprint density at radius 2 is 2.17 bits per heavy atom.